The highest BCUT2D eigenvalue weighted by molar-refractivity contribution is 5.80. The first-order chi connectivity index (χ1) is 12.6. The molecule has 6 nitrogen and oxygen atoms in total. The zero-order valence-electron chi connectivity index (χ0n) is 16.1. The molecule has 2 amide bonds. The summed E-state index contributed by atoms with van der Waals surface area (Å²) in [6, 6.07) is 0. The second kappa shape index (κ2) is 9.70. The highest BCUT2D eigenvalue weighted by Gasteiger charge is 2.30. The fourth-order valence-corrected chi connectivity index (χ4v) is 4.55. The van der Waals surface area contributed by atoms with Crippen LogP contribution in [0.25, 0.3) is 0 Å². The predicted octanol–water partition coefficient (Wildman–Crippen LogP) is 1.47. The van der Waals surface area contributed by atoms with Crippen LogP contribution < -0.4 is 0 Å². The minimum absolute atomic E-state index is 0.0674. The minimum atomic E-state index is -0.227. The van der Waals surface area contributed by atoms with Crippen molar-refractivity contribution < 1.29 is 14.7 Å². The molecule has 2 aliphatic heterocycles. The Labute approximate surface area is 157 Å². The summed E-state index contributed by atoms with van der Waals surface area (Å²) in [6.45, 7) is 5.45. The van der Waals surface area contributed by atoms with E-state index in [0.29, 0.717) is 19.6 Å². The van der Waals surface area contributed by atoms with Gasteiger partial charge in [0.25, 0.3) is 0 Å². The first-order valence-corrected chi connectivity index (χ1v) is 10.6. The van der Waals surface area contributed by atoms with Crippen molar-refractivity contribution in [3.63, 3.8) is 0 Å². The summed E-state index contributed by atoms with van der Waals surface area (Å²) in [5.41, 5.74) is 0. The molecular weight excluding hydrogens is 330 g/mol. The van der Waals surface area contributed by atoms with Crippen LogP contribution in [0.1, 0.15) is 57.8 Å². The average Bonchev–Trinajstić information content (AvgIpc) is 3.04. The van der Waals surface area contributed by atoms with Gasteiger partial charge in [-0.15, -0.1) is 0 Å². The van der Waals surface area contributed by atoms with Gasteiger partial charge < -0.3 is 14.9 Å². The van der Waals surface area contributed by atoms with Crippen LogP contribution in [0.5, 0.6) is 0 Å². The van der Waals surface area contributed by atoms with Gasteiger partial charge in [0, 0.05) is 32.1 Å². The first-order valence-electron chi connectivity index (χ1n) is 10.6. The number of hydrogen-bond donors (Lipinski definition) is 1. The van der Waals surface area contributed by atoms with E-state index < -0.39 is 0 Å². The van der Waals surface area contributed by atoms with Crippen LogP contribution in [0.3, 0.4) is 0 Å². The number of rotatable bonds is 3. The molecule has 0 spiro atoms. The molecule has 0 aromatic carbocycles. The molecule has 0 unspecified atom stereocenters. The van der Waals surface area contributed by atoms with Gasteiger partial charge in [-0.1, -0.05) is 12.8 Å². The van der Waals surface area contributed by atoms with Crippen molar-refractivity contribution in [3.05, 3.63) is 0 Å². The molecule has 6 heteroatoms. The number of aliphatic hydroxyl groups is 1. The fourth-order valence-electron chi connectivity index (χ4n) is 4.55. The van der Waals surface area contributed by atoms with E-state index in [4.69, 9.17) is 0 Å². The van der Waals surface area contributed by atoms with Gasteiger partial charge in [0.15, 0.2) is 0 Å². The molecule has 0 aromatic heterocycles. The van der Waals surface area contributed by atoms with E-state index >= 15 is 0 Å². The van der Waals surface area contributed by atoms with Crippen LogP contribution in [-0.2, 0) is 9.59 Å². The van der Waals surface area contributed by atoms with Crippen molar-refractivity contribution in [1.82, 2.24) is 14.7 Å². The average molecular weight is 366 g/mol. The summed E-state index contributed by atoms with van der Waals surface area (Å²) >= 11 is 0. The maximum atomic E-state index is 12.8. The van der Waals surface area contributed by atoms with Crippen molar-refractivity contribution >= 4 is 11.8 Å². The zero-order valence-corrected chi connectivity index (χ0v) is 16.1. The molecule has 2 heterocycles. The Hall–Kier alpha value is -1.14. The van der Waals surface area contributed by atoms with Crippen LogP contribution in [-0.4, -0.2) is 83.5 Å². The van der Waals surface area contributed by atoms with Crippen molar-refractivity contribution in [1.29, 1.82) is 0 Å². The second-order valence-electron chi connectivity index (χ2n) is 8.26. The van der Waals surface area contributed by atoms with Gasteiger partial charge in [0.05, 0.1) is 12.6 Å². The van der Waals surface area contributed by atoms with E-state index in [1.807, 2.05) is 9.80 Å². The normalized spacial score (nSPS) is 29.1. The molecule has 1 saturated carbocycles. The Bertz CT molecular complexity index is 469. The molecule has 3 aliphatic rings. The Kier molecular flexibility index (Phi) is 7.32. The van der Waals surface area contributed by atoms with E-state index in [-0.39, 0.29) is 23.8 Å². The summed E-state index contributed by atoms with van der Waals surface area (Å²) in [4.78, 5) is 31.7. The predicted molar refractivity (Wildman–Crippen MR) is 101 cm³/mol. The lowest BCUT2D eigenvalue weighted by molar-refractivity contribution is -0.138. The zero-order chi connectivity index (χ0) is 18.4. The van der Waals surface area contributed by atoms with Gasteiger partial charge in [0.2, 0.25) is 11.8 Å². The Balaban J connectivity index is 1.46. The third-order valence-electron chi connectivity index (χ3n) is 6.26. The molecule has 2 saturated heterocycles. The second-order valence-corrected chi connectivity index (χ2v) is 8.26. The number of aliphatic hydroxyl groups excluding tert-OH is 1. The largest absolute Gasteiger partial charge is 0.393 e. The quantitative estimate of drug-likeness (QED) is 0.823. The molecule has 3 rings (SSSR count). The third kappa shape index (κ3) is 5.43. The SMILES string of the molecule is O=C(CN1CCCCCC1)N1CCCN(C(=O)C2CCC(O)CC2)CC1. The van der Waals surface area contributed by atoms with Crippen LogP contribution in [0.4, 0.5) is 0 Å². The topological polar surface area (TPSA) is 64.1 Å². The molecule has 26 heavy (non-hydrogen) atoms. The summed E-state index contributed by atoms with van der Waals surface area (Å²) in [6.07, 6.45) is 8.69. The lowest BCUT2D eigenvalue weighted by Gasteiger charge is -2.30. The Morgan fingerprint density at radius 3 is 2.04 bits per heavy atom. The molecule has 1 N–H and O–H groups in total. The smallest absolute Gasteiger partial charge is 0.236 e. The van der Waals surface area contributed by atoms with Gasteiger partial charge in [-0.05, 0) is 58.0 Å². The standard InChI is InChI=1S/C20H35N3O3/c24-18-8-6-17(7-9-18)20(26)23-13-5-12-22(14-15-23)19(25)16-21-10-3-1-2-4-11-21/h17-18,24H,1-16H2. The molecular formula is C20H35N3O3. The number of carbonyl (C=O) groups excluding carboxylic acids is 2. The van der Waals surface area contributed by atoms with E-state index in [1.54, 1.807) is 0 Å². The van der Waals surface area contributed by atoms with Gasteiger partial charge in [-0.25, -0.2) is 0 Å². The molecule has 148 valence electrons. The molecule has 0 radical (unpaired) electrons. The van der Waals surface area contributed by atoms with Gasteiger partial charge in [-0.2, -0.15) is 0 Å². The van der Waals surface area contributed by atoms with Crippen LogP contribution >= 0.6 is 0 Å². The van der Waals surface area contributed by atoms with Crippen LogP contribution in [0, 0.1) is 5.92 Å². The molecule has 1 aliphatic carbocycles. The lowest BCUT2D eigenvalue weighted by atomic mass is 9.86. The third-order valence-corrected chi connectivity index (χ3v) is 6.26. The molecule has 3 fully saturated rings. The number of likely N-dealkylation sites (tertiary alicyclic amines) is 1. The van der Waals surface area contributed by atoms with Crippen molar-refractivity contribution in [2.75, 3.05) is 45.8 Å². The number of nitrogens with zero attached hydrogens (tertiary/aromatic N) is 3. The maximum Gasteiger partial charge on any atom is 0.236 e. The van der Waals surface area contributed by atoms with Crippen LogP contribution in [0.2, 0.25) is 0 Å². The van der Waals surface area contributed by atoms with Gasteiger partial charge in [0.1, 0.15) is 0 Å². The number of hydrogen-bond acceptors (Lipinski definition) is 4. The van der Waals surface area contributed by atoms with Crippen LogP contribution in [0.15, 0.2) is 0 Å². The molecule has 0 aromatic rings. The minimum Gasteiger partial charge on any atom is -0.393 e. The summed E-state index contributed by atoms with van der Waals surface area (Å²) in [5.74, 6) is 0.526. The van der Waals surface area contributed by atoms with Gasteiger partial charge in [-0.3, -0.25) is 14.5 Å². The fraction of sp³-hybridized carbons (Fsp3) is 0.900. The Morgan fingerprint density at radius 1 is 0.731 bits per heavy atom. The van der Waals surface area contributed by atoms with Crippen molar-refractivity contribution in [3.8, 4) is 0 Å². The highest BCUT2D eigenvalue weighted by atomic mass is 16.3. The van der Waals surface area contributed by atoms with E-state index in [0.717, 1.165) is 58.3 Å². The van der Waals surface area contributed by atoms with E-state index in [1.165, 1.54) is 25.7 Å². The van der Waals surface area contributed by atoms with Gasteiger partial charge >= 0.3 is 0 Å². The van der Waals surface area contributed by atoms with Crippen molar-refractivity contribution in [2.24, 2.45) is 5.92 Å². The monoisotopic (exact) mass is 365 g/mol. The molecule has 0 atom stereocenters. The summed E-state index contributed by atoms with van der Waals surface area (Å²) in [7, 11) is 0. The molecule has 0 bridgehead atoms. The number of amides is 2. The Morgan fingerprint density at radius 2 is 1.35 bits per heavy atom. The highest BCUT2D eigenvalue weighted by Crippen LogP contribution is 2.26. The lowest BCUT2D eigenvalue weighted by Crippen LogP contribution is -2.43. The summed E-state index contributed by atoms with van der Waals surface area (Å²) < 4.78 is 0. The maximum absolute atomic E-state index is 12.8. The number of carbonyl (C=O) groups is 2. The van der Waals surface area contributed by atoms with Crippen molar-refractivity contribution in [2.45, 2.75) is 63.9 Å². The first kappa shape index (κ1) is 19.6. The van der Waals surface area contributed by atoms with E-state index in [9.17, 15) is 14.7 Å². The summed E-state index contributed by atoms with van der Waals surface area (Å²) in [5, 5.41) is 9.64. The van der Waals surface area contributed by atoms with E-state index in [2.05, 4.69) is 4.90 Å².